The van der Waals surface area contributed by atoms with Crippen LogP contribution in [0.2, 0.25) is 0 Å². The Morgan fingerprint density at radius 3 is 3.13 bits per heavy atom. The van der Waals surface area contributed by atoms with Gasteiger partial charge in [0, 0.05) is 36.4 Å². The zero-order valence-electron chi connectivity index (χ0n) is 9.31. The van der Waals surface area contributed by atoms with Crippen LogP contribution in [0.1, 0.15) is 26.1 Å². The predicted molar refractivity (Wildman–Crippen MR) is 63.1 cm³/mol. The number of aromatic nitrogens is 2. The van der Waals surface area contributed by atoms with Gasteiger partial charge in [-0.15, -0.1) is 0 Å². The summed E-state index contributed by atoms with van der Waals surface area (Å²) in [6.07, 6.45) is 5.36. The summed E-state index contributed by atoms with van der Waals surface area (Å²) < 4.78 is 2.10. The molecule has 2 unspecified atom stereocenters. The molecular formula is C11H18N2OS. The molecule has 1 N–H and O–H groups in total. The van der Waals surface area contributed by atoms with Gasteiger partial charge in [-0.25, -0.2) is 4.98 Å². The van der Waals surface area contributed by atoms with Gasteiger partial charge in [0.1, 0.15) is 5.82 Å². The third kappa shape index (κ3) is 2.37. The highest BCUT2D eigenvalue weighted by Crippen LogP contribution is 2.36. The Kier molecular flexibility index (Phi) is 3.07. The molecule has 2 heterocycles. The van der Waals surface area contributed by atoms with Crippen molar-refractivity contribution in [1.82, 2.24) is 9.55 Å². The van der Waals surface area contributed by atoms with Crippen molar-refractivity contribution < 1.29 is 5.11 Å². The highest BCUT2D eigenvalue weighted by molar-refractivity contribution is 8.00. The summed E-state index contributed by atoms with van der Waals surface area (Å²) in [5.74, 6) is 1.85. The molecule has 15 heavy (non-hydrogen) atoms. The zero-order valence-corrected chi connectivity index (χ0v) is 10.1. The van der Waals surface area contributed by atoms with E-state index in [-0.39, 0.29) is 0 Å². The molecule has 0 saturated carbocycles. The first-order valence-corrected chi connectivity index (χ1v) is 6.52. The van der Waals surface area contributed by atoms with Crippen molar-refractivity contribution >= 4 is 11.8 Å². The van der Waals surface area contributed by atoms with Gasteiger partial charge in [-0.1, -0.05) is 6.92 Å². The van der Waals surface area contributed by atoms with Gasteiger partial charge in [0.2, 0.25) is 0 Å². The fourth-order valence-corrected chi connectivity index (χ4v) is 3.41. The maximum Gasteiger partial charge on any atom is 0.111 e. The number of imidazole rings is 1. The van der Waals surface area contributed by atoms with E-state index < -0.39 is 5.60 Å². The number of aliphatic hydroxyl groups is 1. The third-order valence-electron chi connectivity index (χ3n) is 2.93. The fraction of sp³-hybridized carbons (Fsp3) is 0.727. The zero-order chi connectivity index (χ0) is 10.9. The summed E-state index contributed by atoms with van der Waals surface area (Å²) in [5, 5.41) is 10.9. The molecule has 0 aliphatic carbocycles. The first-order chi connectivity index (χ1) is 7.13. The third-order valence-corrected chi connectivity index (χ3v) is 4.37. The normalized spacial score (nSPS) is 31.0. The molecule has 3 nitrogen and oxygen atoms in total. The van der Waals surface area contributed by atoms with E-state index in [0.717, 1.165) is 24.5 Å². The standard InChI is InChI=1S/C11H18N2OS/c1-3-13-5-4-12-10(13)7-11(14)6-9(2)15-8-11/h4-5,9,14H,3,6-8H2,1-2H3. The Morgan fingerprint density at radius 1 is 1.73 bits per heavy atom. The van der Waals surface area contributed by atoms with E-state index in [1.165, 1.54) is 0 Å². The minimum atomic E-state index is -0.539. The van der Waals surface area contributed by atoms with Crippen LogP contribution in [0.25, 0.3) is 0 Å². The SMILES string of the molecule is CCn1ccnc1CC1(O)CSC(C)C1. The molecule has 1 fully saturated rings. The van der Waals surface area contributed by atoms with Gasteiger partial charge in [-0.3, -0.25) is 0 Å². The van der Waals surface area contributed by atoms with E-state index in [4.69, 9.17) is 0 Å². The van der Waals surface area contributed by atoms with Crippen LogP contribution in [0, 0.1) is 0 Å². The van der Waals surface area contributed by atoms with Crippen LogP contribution in [-0.4, -0.2) is 31.3 Å². The van der Waals surface area contributed by atoms with E-state index in [2.05, 4.69) is 23.4 Å². The van der Waals surface area contributed by atoms with Crippen LogP contribution >= 0.6 is 11.8 Å². The fourth-order valence-electron chi connectivity index (χ4n) is 2.16. The van der Waals surface area contributed by atoms with Gasteiger partial charge < -0.3 is 9.67 Å². The molecule has 0 aromatic carbocycles. The van der Waals surface area contributed by atoms with Crippen LogP contribution in [0.15, 0.2) is 12.4 Å². The van der Waals surface area contributed by atoms with Gasteiger partial charge in [0.25, 0.3) is 0 Å². The van der Waals surface area contributed by atoms with Gasteiger partial charge >= 0.3 is 0 Å². The number of nitrogens with zero attached hydrogens (tertiary/aromatic N) is 2. The summed E-state index contributed by atoms with van der Waals surface area (Å²) in [6, 6.07) is 0. The van der Waals surface area contributed by atoms with Gasteiger partial charge in [-0.05, 0) is 13.3 Å². The Labute approximate surface area is 94.9 Å². The van der Waals surface area contributed by atoms with Crippen LogP contribution in [0.3, 0.4) is 0 Å². The summed E-state index contributed by atoms with van der Waals surface area (Å²) in [5.41, 5.74) is -0.539. The second-order valence-corrected chi connectivity index (χ2v) is 5.78. The van der Waals surface area contributed by atoms with E-state index in [1.54, 1.807) is 0 Å². The lowest BCUT2D eigenvalue weighted by molar-refractivity contribution is 0.0613. The summed E-state index contributed by atoms with van der Waals surface area (Å²) in [7, 11) is 0. The van der Waals surface area contributed by atoms with E-state index in [0.29, 0.717) is 11.7 Å². The van der Waals surface area contributed by atoms with E-state index in [9.17, 15) is 5.11 Å². The molecule has 1 aromatic rings. The number of thioether (sulfide) groups is 1. The number of hydrogen-bond acceptors (Lipinski definition) is 3. The maximum atomic E-state index is 10.4. The molecule has 1 aliphatic rings. The quantitative estimate of drug-likeness (QED) is 0.852. The topological polar surface area (TPSA) is 38.0 Å². The summed E-state index contributed by atoms with van der Waals surface area (Å²) >= 11 is 1.85. The molecule has 84 valence electrons. The van der Waals surface area contributed by atoms with Crippen molar-refractivity contribution in [2.24, 2.45) is 0 Å². The lowest BCUT2D eigenvalue weighted by atomic mass is 9.96. The molecular weight excluding hydrogens is 208 g/mol. The van der Waals surface area contributed by atoms with E-state index in [1.807, 2.05) is 24.2 Å². The lowest BCUT2D eigenvalue weighted by Crippen LogP contribution is -2.32. The molecule has 1 aliphatic heterocycles. The van der Waals surface area contributed by atoms with Crippen molar-refractivity contribution in [3.05, 3.63) is 18.2 Å². The molecule has 0 bridgehead atoms. The molecule has 0 amide bonds. The Hall–Kier alpha value is -0.480. The molecule has 1 aromatic heterocycles. The minimum absolute atomic E-state index is 0.539. The molecule has 2 atom stereocenters. The lowest BCUT2D eigenvalue weighted by Gasteiger charge is -2.21. The number of aryl methyl sites for hydroxylation is 1. The highest BCUT2D eigenvalue weighted by atomic mass is 32.2. The Balaban J connectivity index is 2.08. The Morgan fingerprint density at radius 2 is 2.53 bits per heavy atom. The van der Waals surface area contributed by atoms with Crippen molar-refractivity contribution in [2.75, 3.05) is 5.75 Å². The largest absolute Gasteiger partial charge is 0.389 e. The van der Waals surface area contributed by atoms with Crippen LogP contribution in [-0.2, 0) is 13.0 Å². The van der Waals surface area contributed by atoms with Crippen LogP contribution in [0.5, 0.6) is 0 Å². The van der Waals surface area contributed by atoms with Crippen molar-refractivity contribution in [3.63, 3.8) is 0 Å². The molecule has 0 spiro atoms. The second kappa shape index (κ2) is 4.18. The van der Waals surface area contributed by atoms with E-state index >= 15 is 0 Å². The predicted octanol–water partition coefficient (Wildman–Crippen LogP) is 1.70. The average molecular weight is 226 g/mol. The van der Waals surface area contributed by atoms with Gasteiger partial charge in [0.15, 0.2) is 0 Å². The van der Waals surface area contributed by atoms with Crippen molar-refractivity contribution in [3.8, 4) is 0 Å². The average Bonchev–Trinajstić information content (AvgIpc) is 2.74. The molecule has 1 saturated heterocycles. The molecule has 0 radical (unpaired) electrons. The van der Waals surface area contributed by atoms with Crippen LogP contribution < -0.4 is 0 Å². The minimum Gasteiger partial charge on any atom is -0.389 e. The summed E-state index contributed by atoms with van der Waals surface area (Å²) in [6.45, 7) is 5.20. The second-order valence-electron chi connectivity index (χ2n) is 4.36. The van der Waals surface area contributed by atoms with Crippen LogP contribution in [0.4, 0.5) is 0 Å². The van der Waals surface area contributed by atoms with Gasteiger partial charge in [0.05, 0.1) is 5.60 Å². The molecule has 4 heteroatoms. The maximum absolute atomic E-state index is 10.4. The monoisotopic (exact) mass is 226 g/mol. The summed E-state index contributed by atoms with van der Waals surface area (Å²) in [4.78, 5) is 4.31. The Bertz CT molecular complexity index is 339. The number of hydrogen-bond donors (Lipinski definition) is 1. The first kappa shape index (κ1) is 11.0. The van der Waals surface area contributed by atoms with Crippen molar-refractivity contribution in [1.29, 1.82) is 0 Å². The number of rotatable bonds is 3. The molecule has 2 rings (SSSR count). The van der Waals surface area contributed by atoms with Gasteiger partial charge in [-0.2, -0.15) is 11.8 Å². The highest BCUT2D eigenvalue weighted by Gasteiger charge is 2.36. The first-order valence-electron chi connectivity index (χ1n) is 5.47. The smallest absolute Gasteiger partial charge is 0.111 e. The van der Waals surface area contributed by atoms with Crippen molar-refractivity contribution in [2.45, 2.75) is 44.1 Å².